The van der Waals surface area contributed by atoms with E-state index >= 15 is 0 Å². The smallest absolute Gasteiger partial charge is 0.324 e. The fraction of sp³-hybridized carbons (Fsp3) is 0.0769. The van der Waals surface area contributed by atoms with Gasteiger partial charge in [-0.1, -0.05) is 12.1 Å². The van der Waals surface area contributed by atoms with Gasteiger partial charge in [-0.05, 0) is 46.6 Å². The molecule has 1 aromatic carbocycles. The van der Waals surface area contributed by atoms with Gasteiger partial charge in [-0.15, -0.1) is 0 Å². The third-order valence-corrected chi connectivity index (χ3v) is 2.97. The van der Waals surface area contributed by atoms with Crippen molar-refractivity contribution in [1.82, 2.24) is 4.98 Å². The summed E-state index contributed by atoms with van der Waals surface area (Å²) in [6, 6.07) is 8.85. The molecule has 6 heteroatoms. The van der Waals surface area contributed by atoms with Gasteiger partial charge in [0, 0.05) is 5.69 Å². The summed E-state index contributed by atoms with van der Waals surface area (Å²) < 4.78 is 0.631. The molecule has 0 unspecified atom stereocenters. The van der Waals surface area contributed by atoms with Crippen LogP contribution in [-0.2, 0) is 0 Å². The first kappa shape index (κ1) is 13.4. The molecule has 0 atom stereocenters. The molecule has 0 aliphatic carbocycles. The number of carbonyl (C=O) groups excluding carboxylic acids is 1. The van der Waals surface area contributed by atoms with Gasteiger partial charge < -0.3 is 11.1 Å². The number of urea groups is 1. The van der Waals surface area contributed by atoms with Gasteiger partial charge in [-0.25, -0.2) is 9.78 Å². The lowest BCUT2D eigenvalue weighted by Crippen LogP contribution is -2.20. The van der Waals surface area contributed by atoms with Gasteiger partial charge in [-0.3, -0.25) is 5.32 Å². The molecule has 5 nitrogen and oxygen atoms in total. The standard InChI is InChI=1S/C13H13BrN4O/c1-8-3-2-4-10(5-8)17-13(19)18-12-11(14)6-9(15)7-16-12/h2-7H,15H2,1H3,(H2,16,17,18,19). The van der Waals surface area contributed by atoms with Crippen LogP contribution in [0, 0.1) is 6.92 Å². The maximum absolute atomic E-state index is 11.8. The number of benzene rings is 1. The highest BCUT2D eigenvalue weighted by atomic mass is 79.9. The highest BCUT2D eigenvalue weighted by Gasteiger charge is 2.07. The summed E-state index contributed by atoms with van der Waals surface area (Å²) in [6.07, 6.45) is 1.48. The van der Waals surface area contributed by atoms with E-state index < -0.39 is 0 Å². The molecule has 2 rings (SSSR count). The Morgan fingerprint density at radius 2 is 2.11 bits per heavy atom. The van der Waals surface area contributed by atoms with E-state index in [-0.39, 0.29) is 6.03 Å². The third-order valence-electron chi connectivity index (χ3n) is 2.37. The summed E-state index contributed by atoms with van der Waals surface area (Å²) in [5.41, 5.74) is 7.90. The van der Waals surface area contributed by atoms with Crippen LogP contribution in [0.5, 0.6) is 0 Å². The average molecular weight is 321 g/mol. The zero-order valence-corrected chi connectivity index (χ0v) is 11.9. The van der Waals surface area contributed by atoms with Crippen LogP contribution >= 0.6 is 15.9 Å². The number of aromatic nitrogens is 1. The van der Waals surface area contributed by atoms with Crippen molar-refractivity contribution < 1.29 is 4.79 Å². The first-order chi connectivity index (χ1) is 9.04. The lowest BCUT2D eigenvalue weighted by atomic mass is 10.2. The minimum atomic E-state index is -0.358. The zero-order chi connectivity index (χ0) is 13.8. The van der Waals surface area contributed by atoms with Crippen molar-refractivity contribution >= 4 is 39.2 Å². The molecular formula is C13H13BrN4O. The van der Waals surface area contributed by atoms with Crippen molar-refractivity contribution in [3.8, 4) is 0 Å². The topological polar surface area (TPSA) is 80.0 Å². The van der Waals surface area contributed by atoms with E-state index in [9.17, 15) is 4.79 Å². The number of nitrogen functional groups attached to an aromatic ring is 1. The SMILES string of the molecule is Cc1cccc(NC(=O)Nc2ncc(N)cc2Br)c1. The Bertz CT molecular complexity index is 615. The molecule has 0 fully saturated rings. The van der Waals surface area contributed by atoms with E-state index in [0.29, 0.717) is 16.0 Å². The number of hydrogen-bond acceptors (Lipinski definition) is 3. The number of nitrogens with zero attached hydrogens (tertiary/aromatic N) is 1. The van der Waals surface area contributed by atoms with Crippen LogP contribution in [-0.4, -0.2) is 11.0 Å². The minimum absolute atomic E-state index is 0.358. The van der Waals surface area contributed by atoms with E-state index in [0.717, 1.165) is 11.3 Å². The molecule has 0 bridgehead atoms. The lowest BCUT2D eigenvalue weighted by Gasteiger charge is -2.09. The number of aryl methyl sites for hydroxylation is 1. The highest BCUT2D eigenvalue weighted by Crippen LogP contribution is 2.22. The first-order valence-electron chi connectivity index (χ1n) is 5.60. The molecule has 1 aromatic heterocycles. The number of hydrogen-bond donors (Lipinski definition) is 3. The Balaban J connectivity index is 2.05. The van der Waals surface area contributed by atoms with Gasteiger partial charge in [0.25, 0.3) is 0 Å². The van der Waals surface area contributed by atoms with Crippen LogP contribution in [0.1, 0.15) is 5.56 Å². The number of anilines is 3. The number of carbonyl (C=O) groups is 1. The summed E-state index contributed by atoms with van der Waals surface area (Å²) in [5, 5.41) is 5.37. The van der Waals surface area contributed by atoms with Gasteiger partial charge in [0.2, 0.25) is 0 Å². The molecule has 0 spiro atoms. The van der Waals surface area contributed by atoms with Gasteiger partial charge in [0.15, 0.2) is 0 Å². The van der Waals surface area contributed by atoms with Gasteiger partial charge in [0.1, 0.15) is 5.82 Å². The summed E-state index contributed by atoms with van der Waals surface area (Å²) >= 11 is 3.29. The van der Waals surface area contributed by atoms with Crippen LogP contribution in [0.2, 0.25) is 0 Å². The molecule has 1 heterocycles. The number of rotatable bonds is 2. The molecule has 0 aliphatic rings. The fourth-order valence-corrected chi connectivity index (χ4v) is 2.00. The number of pyridine rings is 1. The quantitative estimate of drug-likeness (QED) is 0.793. The zero-order valence-electron chi connectivity index (χ0n) is 10.3. The van der Waals surface area contributed by atoms with Gasteiger partial charge >= 0.3 is 6.03 Å². The van der Waals surface area contributed by atoms with Crippen molar-refractivity contribution in [2.75, 3.05) is 16.4 Å². The third kappa shape index (κ3) is 3.69. The fourth-order valence-electron chi connectivity index (χ4n) is 1.54. The second-order valence-corrected chi connectivity index (χ2v) is 4.90. The Hall–Kier alpha value is -2.08. The molecule has 98 valence electrons. The maximum atomic E-state index is 11.8. The van der Waals surface area contributed by atoms with Crippen molar-refractivity contribution in [3.63, 3.8) is 0 Å². The molecule has 4 N–H and O–H groups in total. The van der Waals surface area contributed by atoms with E-state index in [2.05, 4.69) is 31.5 Å². The summed E-state index contributed by atoms with van der Waals surface area (Å²) in [4.78, 5) is 15.8. The van der Waals surface area contributed by atoms with E-state index in [1.165, 1.54) is 6.20 Å². The predicted octanol–water partition coefficient (Wildman–Crippen LogP) is 3.38. The van der Waals surface area contributed by atoms with Crippen LogP contribution < -0.4 is 16.4 Å². The molecule has 0 saturated heterocycles. The normalized spacial score (nSPS) is 10.0. The van der Waals surface area contributed by atoms with Crippen molar-refractivity contribution in [2.24, 2.45) is 0 Å². The Labute approximate surface area is 119 Å². The second-order valence-electron chi connectivity index (χ2n) is 4.05. The predicted molar refractivity (Wildman–Crippen MR) is 80.2 cm³/mol. The number of nitrogens with two attached hydrogens (primary N) is 1. The molecule has 0 aliphatic heterocycles. The van der Waals surface area contributed by atoms with E-state index in [4.69, 9.17) is 5.73 Å². The van der Waals surface area contributed by atoms with Crippen molar-refractivity contribution in [3.05, 3.63) is 46.6 Å². The molecule has 2 amide bonds. The van der Waals surface area contributed by atoms with Crippen LogP contribution in [0.25, 0.3) is 0 Å². The van der Waals surface area contributed by atoms with Gasteiger partial charge in [-0.2, -0.15) is 0 Å². The van der Waals surface area contributed by atoms with Crippen molar-refractivity contribution in [2.45, 2.75) is 6.92 Å². The largest absolute Gasteiger partial charge is 0.397 e. The Morgan fingerprint density at radius 1 is 1.32 bits per heavy atom. The summed E-state index contributed by atoms with van der Waals surface area (Å²) in [7, 11) is 0. The summed E-state index contributed by atoms with van der Waals surface area (Å²) in [5.74, 6) is 0.416. The van der Waals surface area contributed by atoms with Crippen LogP contribution in [0.3, 0.4) is 0 Å². The number of nitrogens with one attached hydrogen (secondary N) is 2. The lowest BCUT2D eigenvalue weighted by molar-refractivity contribution is 0.262. The highest BCUT2D eigenvalue weighted by molar-refractivity contribution is 9.10. The monoisotopic (exact) mass is 320 g/mol. The molecule has 0 saturated carbocycles. The van der Waals surface area contributed by atoms with Crippen LogP contribution in [0.15, 0.2) is 41.0 Å². The molecule has 2 aromatic rings. The summed E-state index contributed by atoms with van der Waals surface area (Å²) in [6.45, 7) is 1.96. The minimum Gasteiger partial charge on any atom is -0.397 e. The second kappa shape index (κ2) is 5.71. The average Bonchev–Trinajstić information content (AvgIpc) is 2.33. The molecular weight excluding hydrogens is 308 g/mol. The van der Waals surface area contributed by atoms with Gasteiger partial charge in [0.05, 0.1) is 16.4 Å². The van der Waals surface area contributed by atoms with E-state index in [1.807, 2.05) is 31.2 Å². The maximum Gasteiger partial charge on any atom is 0.324 e. The Morgan fingerprint density at radius 3 is 2.79 bits per heavy atom. The van der Waals surface area contributed by atoms with Crippen LogP contribution in [0.4, 0.5) is 22.0 Å². The number of halogens is 1. The Kier molecular flexibility index (Phi) is 4.01. The van der Waals surface area contributed by atoms with E-state index in [1.54, 1.807) is 6.07 Å². The molecule has 0 radical (unpaired) electrons. The first-order valence-corrected chi connectivity index (χ1v) is 6.39. The van der Waals surface area contributed by atoms with Crippen molar-refractivity contribution in [1.29, 1.82) is 0 Å². The number of amides is 2. The molecule has 19 heavy (non-hydrogen) atoms.